The molecule has 2 aromatic carbocycles. The largest absolute Gasteiger partial charge is 0.308 e. The van der Waals surface area contributed by atoms with Gasteiger partial charge < -0.3 is 4.90 Å². The molecule has 0 aromatic heterocycles. The van der Waals surface area contributed by atoms with Crippen molar-refractivity contribution in [2.24, 2.45) is 0 Å². The van der Waals surface area contributed by atoms with E-state index in [9.17, 15) is 9.59 Å². The number of hydrogen-bond acceptors (Lipinski definition) is 3. The van der Waals surface area contributed by atoms with Crippen molar-refractivity contribution >= 4 is 29.1 Å². The van der Waals surface area contributed by atoms with Crippen molar-refractivity contribution in [3.63, 3.8) is 0 Å². The van der Waals surface area contributed by atoms with Crippen LogP contribution in [0.2, 0.25) is 0 Å². The number of Topliss-reactive ketones (excluding diaryl/α,β-unsaturated/α-hetero) is 1. The smallest absolute Gasteiger partial charge is 0.259 e. The second-order valence-corrected chi connectivity index (χ2v) is 6.64. The van der Waals surface area contributed by atoms with E-state index in [1.165, 1.54) is 0 Å². The van der Waals surface area contributed by atoms with Gasteiger partial charge in [-0.3, -0.25) is 9.59 Å². The summed E-state index contributed by atoms with van der Waals surface area (Å²) in [5.41, 5.74) is 3.31. The number of amides is 1. The van der Waals surface area contributed by atoms with Crippen LogP contribution in [-0.2, 0) is 0 Å². The van der Waals surface area contributed by atoms with Gasteiger partial charge in [-0.2, -0.15) is 0 Å². The highest BCUT2D eigenvalue weighted by molar-refractivity contribution is 7.99. The van der Waals surface area contributed by atoms with E-state index in [1.807, 2.05) is 56.3 Å². The number of anilines is 1. The summed E-state index contributed by atoms with van der Waals surface area (Å²) in [5, 5.41) is 0. The summed E-state index contributed by atoms with van der Waals surface area (Å²) in [6.45, 7) is 4.56. The lowest BCUT2D eigenvalue weighted by molar-refractivity contribution is 0.0982. The number of thioether (sulfide) groups is 1. The summed E-state index contributed by atoms with van der Waals surface area (Å²) < 4.78 is 0. The Morgan fingerprint density at radius 1 is 1.17 bits per heavy atom. The van der Waals surface area contributed by atoms with Gasteiger partial charge in [-0.1, -0.05) is 30.3 Å². The van der Waals surface area contributed by atoms with Crippen LogP contribution in [-0.4, -0.2) is 24.0 Å². The maximum atomic E-state index is 13.1. The standard InChI is InChI=1S/C19H19NO2S/c1-3-20(16-10-5-4-7-13(16)2)19(22)15-9-6-8-14-17(21)11-12-23-18(14)15/h4-10H,3,11-12H2,1-2H3. The van der Waals surface area contributed by atoms with Gasteiger partial charge in [-0.25, -0.2) is 0 Å². The van der Waals surface area contributed by atoms with Crippen LogP contribution in [0.3, 0.4) is 0 Å². The van der Waals surface area contributed by atoms with Crippen LogP contribution in [0, 0.1) is 6.92 Å². The average molecular weight is 325 g/mol. The highest BCUT2D eigenvalue weighted by Gasteiger charge is 2.26. The number of fused-ring (bicyclic) bond motifs is 1. The number of nitrogens with zero attached hydrogens (tertiary/aromatic N) is 1. The summed E-state index contributed by atoms with van der Waals surface area (Å²) in [4.78, 5) is 27.8. The zero-order valence-corrected chi connectivity index (χ0v) is 14.2. The molecule has 0 unspecified atom stereocenters. The molecule has 2 aromatic rings. The van der Waals surface area contributed by atoms with E-state index in [1.54, 1.807) is 16.7 Å². The van der Waals surface area contributed by atoms with Crippen molar-refractivity contribution in [2.75, 3.05) is 17.2 Å². The molecular weight excluding hydrogens is 306 g/mol. The van der Waals surface area contributed by atoms with Crippen molar-refractivity contribution in [3.8, 4) is 0 Å². The lowest BCUT2D eigenvalue weighted by Crippen LogP contribution is -2.32. The van der Waals surface area contributed by atoms with Crippen LogP contribution in [0.15, 0.2) is 47.4 Å². The fourth-order valence-electron chi connectivity index (χ4n) is 2.90. The van der Waals surface area contributed by atoms with Gasteiger partial charge in [0.2, 0.25) is 0 Å². The molecule has 118 valence electrons. The number of carbonyl (C=O) groups excluding carboxylic acids is 2. The molecule has 0 saturated carbocycles. The Balaban J connectivity index is 2.05. The number of para-hydroxylation sites is 1. The van der Waals surface area contributed by atoms with Crippen molar-refractivity contribution in [1.82, 2.24) is 0 Å². The minimum Gasteiger partial charge on any atom is -0.308 e. The molecule has 0 radical (unpaired) electrons. The Morgan fingerprint density at radius 2 is 1.96 bits per heavy atom. The van der Waals surface area contributed by atoms with Gasteiger partial charge in [0.1, 0.15) is 0 Å². The van der Waals surface area contributed by atoms with Gasteiger partial charge in [0.25, 0.3) is 5.91 Å². The van der Waals surface area contributed by atoms with E-state index in [2.05, 4.69) is 0 Å². The Bertz CT molecular complexity index is 770. The van der Waals surface area contributed by atoms with E-state index in [0.717, 1.165) is 21.9 Å². The SMILES string of the molecule is CCN(C(=O)c1cccc2c1SCCC2=O)c1ccccc1C. The molecule has 23 heavy (non-hydrogen) atoms. The van der Waals surface area contributed by atoms with Crippen LogP contribution < -0.4 is 4.90 Å². The first-order valence-corrected chi connectivity index (χ1v) is 8.78. The van der Waals surface area contributed by atoms with Crippen molar-refractivity contribution in [3.05, 3.63) is 59.2 Å². The Morgan fingerprint density at radius 3 is 2.70 bits per heavy atom. The third-order valence-corrected chi connectivity index (χ3v) is 5.23. The quantitative estimate of drug-likeness (QED) is 0.842. The van der Waals surface area contributed by atoms with Crippen molar-refractivity contribution in [1.29, 1.82) is 0 Å². The molecule has 0 saturated heterocycles. The fraction of sp³-hybridized carbons (Fsp3) is 0.263. The number of benzene rings is 2. The zero-order chi connectivity index (χ0) is 16.4. The molecule has 1 aliphatic rings. The molecule has 3 nitrogen and oxygen atoms in total. The molecule has 0 spiro atoms. The molecule has 4 heteroatoms. The normalized spacial score (nSPS) is 13.6. The number of rotatable bonds is 3. The van der Waals surface area contributed by atoms with E-state index >= 15 is 0 Å². The van der Waals surface area contributed by atoms with Gasteiger partial charge in [0.05, 0.1) is 5.56 Å². The predicted molar refractivity (Wildman–Crippen MR) is 94.6 cm³/mol. The highest BCUT2D eigenvalue weighted by Crippen LogP contribution is 2.34. The van der Waals surface area contributed by atoms with Gasteiger partial charge >= 0.3 is 0 Å². The number of aryl methyl sites for hydroxylation is 1. The lowest BCUT2D eigenvalue weighted by atomic mass is 10.0. The predicted octanol–water partition coefficient (Wildman–Crippen LogP) is 4.34. The van der Waals surface area contributed by atoms with Crippen LogP contribution in [0.1, 0.15) is 39.6 Å². The van der Waals surface area contributed by atoms with Crippen LogP contribution in [0.25, 0.3) is 0 Å². The summed E-state index contributed by atoms with van der Waals surface area (Å²) in [6, 6.07) is 13.3. The Hall–Kier alpha value is -2.07. The maximum absolute atomic E-state index is 13.1. The first-order chi connectivity index (χ1) is 11.1. The highest BCUT2D eigenvalue weighted by atomic mass is 32.2. The second-order valence-electron chi connectivity index (χ2n) is 5.54. The van der Waals surface area contributed by atoms with E-state index in [4.69, 9.17) is 0 Å². The molecule has 1 amide bonds. The average Bonchev–Trinajstić information content (AvgIpc) is 2.57. The minimum absolute atomic E-state index is 0.0409. The molecule has 0 aliphatic carbocycles. The molecule has 0 bridgehead atoms. The van der Waals surface area contributed by atoms with Gasteiger partial charge in [-0.05, 0) is 31.5 Å². The lowest BCUT2D eigenvalue weighted by Gasteiger charge is -2.25. The second kappa shape index (κ2) is 6.59. The first kappa shape index (κ1) is 15.8. The third-order valence-electron chi connectivity index (χ3n) is 4.09. The Kier molecular flexibility index (Phi) is 4.53. The van der Waals surface area contributed by atoms with Gasteiger partial charge in [-0.15, -0.1) is 11.8 Å². The monoisotopic (exact) mass is 325 g/mol. The third kappa shape index (κ3) is 2.91. The summed E-state index contributed by atoms with van der Waals surface area (Å²) in [5.74, 6) is 0.834. The molecule has 0 fully saturated rings. The molecular formula is C19H19NO2S. The van der Waals surface area contributed by atoms with E-state index in [-0.39, 0.29) is 11.7 Å². The van der Waals surface area contributed by atoms with Gasteiger partial charge in [0.15, 0.2) is 5.78 Å². The fourth-order valence-corrected chi connectivity index (χ4v) is 4.04. The number of ketones is 1. The van der Waals surface area contributed by atoms with E-state index in [0.29, 0.717) is 24.1 Å². The molecule has 3 rings (SSSR count). The van der Waals surface area contributed by atoms with Crippen LogP contribution in [0.5, 0.6) is 0 Å². The van der Waals surface area contributed by atoms with E-state index < -0.39 is 0 Å². The zero-order valence-electron chi connectivity index (χ0n) is 13.3. The Labute approximate surface area is 140 Å². The molecule has 0 atom stereocenters. The number of hydrogen-bond donors (Lipinski definition) is 0. The van der Waals surface area contributed by atoms with Crippen molar-refractivity contribution < 1.29 is 9.59 Å². The van der Waals surface area contributed by atoms with Gasteiger partial charge in [0, 0.05) is 34.9 Å². The van der Waals surface area contributed by atoms with Crippen LogP contribution in [0.4, 0.5) is 5.69 Å². The first-order valence-electron chi connectivity index (χ1n) is 7.80. The molecule has 0 N–H and O–H groups in total. The van der Waals surface area contributed by atoms with Crippen molar-refractivity contribution in [2.45, 2.75) is 25.2 Å². The molecule has 1 heterocycles. The summed E-state index contributed by atoms with van der Waals surface area (Å²) >= 11 is 1.61. The summed E-state index contributed by atoms with van der Waals surface area (Å²) in [6.07, 6.45) is 0.546. The maximum Gasteiger partial charge on any atom is 0.259 e. The molecule has 1 aliphatic heterocycles. The van der Waals surface area contributed by atoms with Crippen LogP contribution >= 0.6 is 11.8 Å². The minimum atomic E-state index is -0.0409. The topological polar surface area (TPSA) is 37.4 Å². The summed E-state index contributed by atoms with van der Waals surface area (Å²) in [7, 11) is 0. The number of carbonyl (C=O) groups is 2.